The molecule has 0 radical (unpaired) electrons. The molecule has 7 nitrogen and oxygen atoms in total. The summed E-state index contributed by atoms with van der Waals surface area (Å²) in [7, 11) is 0. The van der Waals surface area contributed by atoms with Crippen LogP contribution in [0.4, 0.5) is 11.6 Å². The van der Waals surface area contributed by atoms with Gasteiger partial charge in [-0.15, -0.1) is 0 Å². The zero-order valence-corrected chi connectivity index (χ0v) is 18.1. The third-order valence-electron chi connectivity index (χ3n) is 5.02. The fourth-order valence-electron chi connectivity index (χ4n) is 3.54. The van der Waals surface area contributed by atoms with E-state index < -0.39 is 5.91 Å². The number of hydrogen-bond acceptors (Lipinski definition) is 5. The second kappa shape index (κ2) is 9.74. The minimum Gasteiger partial charge on any atom is -0.366 e. The maximum Gasteiger partial charge on any atom is 0.249 e. The summed E-state index contributed by atoms with van der Waals surface area (Å²) >= 11 is 0. The highest BCUT2D eigenvalue weighted by atomic mass is 16.1. The van der Waals surface area contributed by atoms with E-state index in [0.717, 1.165) is 22.4 Å². The van der Waals surface area contributed by atoms with Crippen LogP contribution in [0.1, 0.15) is 22.8 Å². The number of nitrogens with one attached hydrogen (secondary N) is 2. The predicted molar refractivity (Wildman–Crippen MR) is 129 cm³/mol. The number of nitrogens with two attached hydrogens (primary N) is 1. The van der Waals surface area contributed by atoms with Gasteiger partial charge in [0.15, 0.2) is 0 Å². The molecule has 4 aromatic rings. The number of aromatic nitrogens is 2. The molecule has 0 spiro atoms. The van der Waals surface area contributed by atoms with Crippen LogP contribution in [0.2, 0.25) is 0 Å². The molecule has 1 aromatic heterocycles. The van der Waals surface area contributed by atoms with Crippen molar-refractivity contribution in [2.45, 2.75) is 13.5 Å². The van der Waals surface area contributed by atoms with Gasteiger partial charge in [0.05, 0.1) is 5.69 Å². The largest absolute Gasteiger partial charge is 0.366 e. The third-order valence-corrected chi connectivity index (χ3v) is 5.02. The number of amides is 2. The fraction of sp³-hybridized carbons (Fsp3) is 0.0769. The SMILES string of the molecule is CC(=O)Nc1cccc(-c2cccc(CNc3nccc(-c4ccccc4C(N)=O)n3)c2)c1. The van der Waals surface area contributed by atoms with Gasteiger partial charge in [0.1, 0.15) is 0 Å². The van der Waals surface area contributed by atoms with Gasteiger partial charge < -0.3 is 16.4 Å². The van der Waals surface area contributed by atoms with E-state index in [9.17, 15) is 9.59 Å². The summed E-state index contributed by atoms with van der Waals surface area (Å²) in [5.74, 6) is -0.159. The van der Waals surface area contributed by atoms with Crippen molar-refractivity contribution in [3.05, 3.63) is 96.2 Å². The third kappa shape index (κ3) is 5.40. The van der Waals surface area contributed by atoms with E-state index in [1.165, 1.54) is 6.92 Å². The molecule has 4 N–H and O–H groups in total. The molecule has 0 saturated carbocycles. The lowest BCUT2D eigenvalue weighted by Crippen LogP contribution is -2.12. The zero-order chi connectivity index (χ0) is 23.2. The van der Waals surface area contributed by atoms with Gasteiger partial charge >= 0.3 is 0 Å². The van der Waals surface area contributed by atoms with Gasteiger partial charge in [-0.3, -0.25) is 9.59 Å². The Labute approximate surface area is 191 Å². The number of carbonyl (C=O) groups is 2. The quantitative estimate of drug-likeness (QED) is 0.395. The van der Waals surface area contributed by atoms with Gasteiger partial charge in [0.25, 0.3) is 0 Å². The summed E-state index contributed by atoms with van der Waals surface area (Å²) in [6, 6.07) is 24.6. The monoisotopic (exact) mass is 437 g/mol. The van der Waals surface area contributed by atoms with Gasteiger partial charge in [-0.25, -0.2) is 9.97 Å². The van der Waals surface area contributed by atoms with Crippen LogP contribution in [0, 0.1) is 0 Å². The van der Waals surface area contributed by atoms with Crippen molar-refractivity contribution in [3.63, 3.8) is 0 Å². The Balaban J connectivity index is 1.52. The van der Waals surface area contributed by atoms with Crippen LogP contribution in [-0.4, -0.2) is 21.8 Å². The van der Waals surface area contributed by atoms with E-state index in [4.69, 9.17) is 5.73 Å². The maximum atomic E-state index is 11.8. The number of carbonyl (C=O) groups excluding carboxylic acids is 2. The Morgan fingerprint density at radius 2 is 1.67 bits per heavy atom. The minimum atomic E-state index is -0.502. The van der Waals surface area contributed by atoms with Gasteiger partial charge in [-0.2, -0.15) is 0 Å². The Morgan fingerprint density at radius 1 is 0.909 bits per heavy atom. The number of anilines is 2. The highest BCUT2D eigenvalue weighted by Gasteiger charge is 2.11. The van der Waals surface area contributed by atoms with Crippen LogP contribution in [0.3, 0.4) is 0 Å². The summed E-state index contributed by atoms with van der Waals surface area (Å²) in [6.07, 6.45) is 1.65. The first-order chi connectivity index (χ1) is 16.0. The number of hydrogen-bond donors (Lipinski definition) is 3. The molecule has 0 aliphatic rings. The molecular formula is C26H23N5O2. The van der Waals surface area contributed by atoms with Crippen molar-refractivity contribution in [2.24, 2.45) is 5.73 Å². The van der Waals surface area contributed by atoms with Crippen molar-refractivity contribution >= 4 is 23.5 Å². The van der Waals surface area contributed by atoms with E-state index in [1.807, 2.05) is 54.6 Å². The molecule has 0 unspecified atom stereocenters. The molecule has 164 valence electrons. The lowest BCUT2D eigenvalue weighted by atomic mass is 10.0. The maximum absolute atomic E-state index is 11.8. The first-order valence-electron chi connectivity index (χ1n) is 10.4. The second-order valence-electron chi connectivity index (χ2n) is 7.49. The van der Waals surface area contributed by atoms with E-state index in [2.05, 4.69) is 26.7 Å². The average Bonchev–Trinajstić information content (AvgIpc) is 2.83. The van der Waals surface area contributed by atoms with E-state index in [-0.39, 0.29) is 5.91 Å². The summed E-state index contributed by atoms with van der Waals surface area (Å²) < 4.78 is 0. The van der Waals surface area contributed by atoms with E-state index >= 15 is 0 Å². The lowest BCUT2D eigenvalue weighted by Gasteiger charge is -2.10. The summed E-state index contributed by atoms with van der Waals surface area (Å²) in [4.78, 5) is 31.9. The molecule has 0 aliphatic carbocycles. The van der Waals surface area contributed by atoms with E-state index in [1.54, 1.807) is 24.4 Å². The number of rotatable bonds is 7. The van der Waals surface area contributed by atoms with Gasteiger partial charge in [-0.1, -0.05) is 48.5 Å². The number of benzene rings is 3. The molecule has 7 heteroatoms. The first-order valence-corrected chi connectivity index (χ1v) is 10.4. The van der Waals surface area contributed by atoms with Crippen LogP contribution < -0.4 is 16.4 Å². The van der Waals surface area contributed by atoms with Crippen molar-refractivity contribution in [1.82, 2.24) is 9.97 Å². The van der Waals surface area contributed by atoms with Gasteiger partial charge in [-0.05, 0) is 47.0 Å². The topological polar surface area (TPSA) is 110 Å². The Hall–Kier alpha value is -4.52. The van der Waals surface area contributed by atoms with Gasteiger partial charge in [0, 0.05) is 36.5 Å². The number of primary amides is 1. The molecule has 2 amide bonds. The van der Waals surface area contributed by atoms with Crippen molar-refractivity contribution in [3.8, 4) is 22.4 Å². The molecule has 3 aromatic carbocycles. The highest BCUT2D eigenvalue weighted by molar-refractivity contribution is 5.99. The van der Waals surface area contributed by atoms with Gasteiger partial charge in [0.2, 0.25) is 17.8 Å². The van der Waals surface area contributed by atoms with Crippen LogP contribution >= 0.6 is 0 Å². The Morgan fingerprint density at radius 3 is 2.45 bits per heavy atom. The van der Waals surface area contributed by atoms with Crippen LogP contribution in [0.25, 0.3) is 22.4 Å². The first kappa shape index (κ1) is 21.7. The molecule has 33 heavy (non-hydrogen) atoms. The molecule has 0 bridgehead atoms. The van der Waals surface area contributed by atoms with Crippen LogP contribution in [-0.2, 0) is 11.3 Å². The molecule has 4 rings (SSSR count). The normalized spacial score (nSPS) is 10.5. The molecular weight excluding hydrogens is 414 g/mol. The second-order valence-corrected chi connectivity index (χ2v) is 7.49. The molecule has 0 aliphatic heterocycles. The lowest BCUT2D eigenvalue weighted by molar-refractivity contribution is -0.114. The summed E-state index contributed by atoms with van der Waals surface area (Å²) in [5, 5.41) is 6.05. The summed E-state index contributed by atoms with van der Waals surface area (Å²) in [5.41, 5.74) is 11.0. The van der Waals surface area contributed by atoms with Crippen LogP contribution in [0.5, 0.6) is 0 Å². The van der Waals surface area contributed by atoms with Crippen LogP contribution in [0.15, 0.2) is 85.1 Å². The molecule has 1 heterocycles. The predicted octanol–water partition coefficient (Wildman–Crippen LogP) is 4.48. The smallest absolute Gasteiger partial charge is 0.249 e. The highest BCUT2D eigenvalue weighted by Crippen LogP contribution is 2.25. The van der Waals surface area contributed by atoms with Crippen molar-refractivity contribution < 1.29 is 9.59 Å². The van der Waals surface area contributed by atoms with E-state index in [0.29, 0.717) is 29.3 Å². The fourth-order valence-corrected chi connectivity index (χ4v) is 3.54. The molecule has 0 atom stereocenters. The minimum absolute atomic E-state index is 0.106. The standard InChI is InChI=1S/C26H23N5O2/c1-17(32)30-21-9-5-8-20(15-21)19-7-4-6-18(14-19)16-29-26-28-13-12-24(31-26)22-10-2-3-11-23(22)25(27)33/h2-15H,16H2,1H3,(H2,27,33)(H,30,32)(H,28,29,31). The Kier molecular flexibility index (Phi) is 6.40. The summed E-state index contributed by atoms with van der Waals surface area (Å²) in [6.45, 7) is 2.00. The molecule has 0 fully saturated rings. The zero-order valence-electron chi connectivity index (χ0n) is 18.1. The average molecular weight is 438 g/mol. The number of nitrogens with zero attached hydrogens (tertiary/aromatic N) is 2. The van der Waals surface area contributed by atoms with Crippen molar-refractivity contribution in [1.29, 1.82) is 0 Å². The molecule has 0 saturated heterocycles. The van der Waals surface area contributed by atoms with Crippen molar-refractivity contribution in [2.75, 3.05) is 10.6 Å². The Bertz CT molecular complexity index is 1320.